The number of carbonyl (C=O) groups is 1. The lowest BCUT2D eigenvalue weighted by Crippen LogP contribution is -2.31. The van der Waals surface area contributed by atoms with E-state index in [-0.39, 0.29) is 16.2 Å². The predicted molar refractivity (Wildman–Crippen MR) is 113 cm³/mol. The van der Waals surface area contributed by atoms with Gasteiger partial charge in [0.2, 0.25) is 0 Å². The Labute approximate surface area is 173 Å². The molecule has 0 spiro atoms. The minimum absolute atomic E-state index is 0.0630. The van der Waals surface area contributed by atoms with Crippen LogP contribution in [0.1, 0.15) is 63.0 Å². The number of hydrogen-bond acceptors (Lipinski definition) is 5. The molecule has 2 rings (SSSR count). The van der Waals surface area contributed by atoms with Gasteiger partial charge in [-0.2, -0.15) is 0 Å². The number of nitrogens with one attached hydrogen (secondary N) is 1. The molecule has 6 nitrogen and oxygen atoms in total. The zero-order valence-corrected chi connectivity index (χ0v) is 18.8. The molecule has 0 saturated heterocycles. The first-order valence-corrected chi connectivity index (χ1v) is 10.7. The molecule has 29 heavy (non-hydrogen) atoms. The fourth-order valence-electron chi connectivity index (χ4n) is 2.89. The zero-order chi connectivity index (χ0) is 22.2. The largest absolute Gasteiger partial charge is 0.507 e. The Kier molecular flexibility index (Phi) is 6.04. The van der Waals surface area contributed by atoms with Crippen LogP contribution in [0.25, 0.3) is 0 Å². The van der Waals surface area contributed by atoms with Crippen LogP contribution in [0.3, 0.4) is 0 Å². The van der Waals surface area contributed by atoms with Crippen molar-refractivity contribution < 1.29 is 23.1 Å². The van der Waals surface area contributed by atoms with Crippen LogP contribution in [-0.2, 0) is 20.9 Å². The Hall–Kier alpha value is -2.54. The average molecular weight is 420 g/mol. The third kappa shape index (κ3) is 5.09. The average Bonchev–Trinajstić information content (AvgIpc) is 2.59. The molecule has 0 heterocycles. The van der Waals surface area contributed by atoms with Crippen molar-refractivity contribution in [2.45, 2.75) is 57.3 Å². The van der Waals surface area contributed by atoms with Crippen LogP contribution in [0.2, 0.25) is 0 Å². The number of carbonyl (C=O) groups excluding carboxylic acids is 1. The van der Waals surface area contributed by atoms with Crippen LogP contribution in [0.15, 0.2) is 41.3 Å². The maximum atomic E-state index is 13.0. The van der Waals surface area contributed by atoms with Crippen LogP contribution >= 0.6 is 0 Å². The summed E-state index contributed by atoms with van der Waals surface area (Å²) in [5.74, 6) is -0.103. The number of ether oxygens (including phenoxy) is 1. The van der Waals surface area contributed by atoms with E-state index in [0.29, 0.717) is 16.9 Å². The molecular formula is C22H29NO5S. The van der Waals surface area contributed by atoms with Crippen molar-refractivity contribution in [3.63, 3.8) is 0 Å². The number of phenols is 1. The molecule has 2 aromatic carbocycles. The summed E-state index contributed by atoms with van der Waals surface area (Å²) in [4.78, 5) is 12.4. The van der Waals surface area contributed by atoms with Crippen molar-refractivity contribution in [2.75, 3.05) is 7.11 Å². The standard InChI is InChI=1S/C22H29NO5S/c1-21(2,3)17-12-16(13-18(19(17)24)22(4,5)6)29(26,27)23-20(25)14-8-10-15(28-7)11-9-14/h8-13,24H,1-7H3,(H,23,25). The lowest BCUT2D eigenvalue weighted by Gasteiger charge is -2.28. The van der Waals surface area contributed by atoms with Crippen molar-refractivity contribution in [3.8, 4) is 11.5 Å². The van der Waals surface area contributed by atoms with Gasteiger partial charge >= 0.3 is 0 Å². The van der Waals surface area contributed by atoms with Crippen LogP contribution < -0.4 is 9.46 Å². The summed E-state index contributed by atoms with van der Waals surface area (Å²) in [6, 6.07) is 8.99. The number of amides is 1. The van der Waals surface area contributed by atoms with Gasteiger partial charge in [0.1, 0.15) is 11.5 Å². The van der Waals surface area contributed by atoms with E-state index >= 15 is 0 Å². The van der Waals surface area contributed by atoms with Crippen molar-refractivity contribution in [3.05, 3.63) is 53.1 Å². The van der Waals surface area contributed by atoms with E-state index in [1.54, 1.807) is 12.1 Å². The first-order chi connectivity index (χ1) is 13.2. The quantitative estimate of drug-likeness (QED) is 0.778. The molecule has 0 aromatic heterocycles. The fourth-order valence-corrected chi connectivity index (χ4v) is 3.91. The fraction of sp³-hybridized carbons (Fsp3) is 0.409. The van der Waals surface area contributed by atoms with Crippen LogP contribution in [-0.4, -0.2) is 26.5 Å². The summed E-state index contributed by atoms with van der Waals surface area (Å²) in [7, 11) is -2.64. The van der Waals surface area contributed by atoms with Gasteiger partial charge in [0.05, 0.1) is 12.0 Å². The number of rotatable bonds is 4. The van der Waals surface area contributed by atoms with Crippen molar-refractivity contribution in [1.29, 1.82) is 0 Å². The molecule has 7 heteroatoms. The number of hydrogen-bond donors (Lipinski definition) is 2. The lowest BCUT2D eigenvalue weighted by molar-refractivity contribution is 0.0981. The van der Waals surface area contributed by atoms with Gasteiger partial charge in [0.25, 0.3) is 15.9 Å². The van der Waals surface area contributed by atoms with Gasteiger partial charge in [-0.3, -0.25) is 4.79 Å². The van der Waals surface area contributed by atoms with E-state index in [1.165, 1.54) is 31.4 Å². The second-order valence-electron chi connectivity index (χ2n) is 9.03. The molecule has 0 fully saturated rings. The third-order valence-corrected chi connectivity index (χ3v) is 5.90. The van der Waals surface area contributed by atoms with Gasteiger partial charge in [-0.15, -0.1) is 0 Å². The first-order valence-electron chi connectivity index (χ1n) is 9.26. The Bertz CT molecular complexity index is 976. The molecule has 0 saturated carbocycles. The molecule has 2 N–H and O–H groups in total. The van der Waals surface area contributed by atoms with E-state index in [2.05, 4.69) is 4.72 Å². The maximum absolute atomic E-state index is 13.0. The zero-order valence-electron chi connectivity index (χ0n) is 18.0. The summed E-state index contributed by atoms with van der Waals surface area (Å²) in [6.07, 6.45) is 0. The van der Waals surface area contributed by atoms with Crippen molar-refractivity contribution in [2.24, 2.45) is 0 Å². The minimum atomic E-state index is -4.15. The highest BCUT2D eigenvalue weighted by molar-refractivity contribution is 7.90. The molecule has 0 aliphatic heterocycles. The second-order valence-corrected chi connectivity index (χ2v) is 10.7. The minimum Gasteiger partial charge on any atom is -0.507 e. The smallest absolute Gasteiger partial charge is 0.265 e. The summed E-state index contributed by atoms with van der Waals surface area (Å²) in [5, 5.41) is 10.8. The maximum Gasteiger partial charge on any atom is 0.265 e. The lowest BCUT2D eigenvalue weighted by atomic mass is 9.79. The molecule has 0 atom stereocenters. The number of methoxy groups -OCH3 is 1. The van der Waals surface area contributed by atoms with E-state index in [0.717, 1.165) is 0 Å². The first kappa shape index (κ1) is 22.7. The summed E-state index contributed by atoms with van der Waals surface area (Å²) in [5.41, 5.74) is 0.218. The molecule has 0 unspecified atom stereocenters. The highest BCUT2D eigenvalue weighted by atomic mass is 32.2. The summed E-state index contributed by atoms with van der Waals surface area (Å²) in [6.45, 7) is 11.3. The van der Waals surface area contributed by atoms with Crippen molar-refractivity contribution in [1.82, 2.24) is 4.72 Å². The molecule has 158 valence electrons. The van der Waals surface area contributed by atoms with Crippen molar-refractivity contribution >= 4 is 15.9 Å². The Morgan fingerprint density at radius 1 is 0.931 bits per heavy atom. The molecular weight excluding hydrogens is 390 g/mol. The summed E-state index contributed by atoms with van der Waals surface area (Å²) < 4.78 is 33.1. The molecule has 0 aliphatic carbocycles. The number of aromatic hydroxyl groups is 1. The Morgan fingerprint density at radius 2 is 1.38 bits per heavy atom. The van der Waals surface area contributed by atoms with Gasteiger partial charge in [-0.1, -0.05) is 41.5 Å². The monoisotopic (exact) mass is 419 g/mol. The molecule has 1 amide bonds. The normalized spacial score (nSPS) is 12.5. The SMILES string of the molecule is COc1ccc(C(=O)NS(=O)(=O)c2cc(C(C)(C)C)c(O)c(C(C)(C)C)c2)cc1. The van der Waals surface area contributed by atoms with E-state index < -0.39 is 26.8 Å². The predicted octanol–water partition coefficient (Wildman–Crippen LogP) is 4.11. The van der Waals surface area contributed by atoms with E-state index in [1.807, 2.05) is 41.5 Å². The van der Waals surface area contributed by atoms with Gasteiger partial charge in [0, 0.05) is 16.7 Å². The number of phenolic OH excluding ortho intramolecular Hbond substituents is 1. The summed E-state index contributed by atoms with van der Waals surface area (Å²) >= 11 is 0. The van der Waals surface area contributed by atoms with Gasteiger partial charge in [-0.05, 0) is 47.2 Å². The van der Waals surface area contributed by atoms with Crippen LogP contribution in [0.4, 0.5) is 0 Å². The van der Waals surface area contributed by atoms with E-state index in [4.69, 9.17) is 4.74 Å². The molecule has 0 radical (unpaired) electrons. The highest BCUT2D eigenvalue weighted by Gasteiger charge is 2.30. The molecule has 2 aromatic rings. The molecule has 0 bridgehead atoms. The van der Waals surface area contributed by atoms with Gasteiger partial charge in [-0.25, -0.2) is 13.1 Å². The van der Waals surface area contributed by atoms with Gasteiger partial charge in [0.15, 0.2) is 0 Å². The second kappa shape index (κ2) is 7.71. The highest BCUT2D eigenvalue weighted by Crippen LogP contribution is 2.40. The Morgan fingerprint density at radius 3 is 1.76 bits per heavy atom. The van der Waals surface area contributed by atoms with E-state index in [9.17, 15) is 18.3 Å². The molecule has 0 aliphatic rings. The Balaban J connectivity index is 2.52. The number of sulfonamides is 1. The van der Waals surface area contributed by atoms with Crippen LogP contribution in [0, 0.1) is 0 Å². The van der Waals surface area contributed by atoms with Gasteiger partial charge < -0.3 is 9.84 Å². The third-order valence-electron chi connectivity index (χ3n) is 4.59. The van der Waals surface area contributed by atoms with Crippen LogP contribution in [0.5, 0.6) is 11.5 Å². The number of benzene rings is 2. The topological polar surface area (TPSA) is 92.7 Å².